The Bertz CT molecular complexity index is 404. The molecule has 2 N–H and O–H groups in total. The molecule has 0 bridgehead atoms. The number of rotatable bonds is 4. The second-order valence-corrected chi connectivity index (χ2v) is 4.43. The molecule has 1 aromatic heterocycles. The fraction of sp³-hybridized carbons (Fsp3) is 0.538. The Morgan fingerprint density at radius 1 is 1.47 bits per heavy atom. The molecule has 0 radical (unpaired) electrons. The first-order chi connectivity index (χ1) is 7.97. The molecule has 0 aliphatic heterocycles. The molecule has 0 spiro atoms. The first kappa shape index (κ1) is 13.6. The predicted octanol–water partition coefficient (Wildman–Crippen LogP) is 1.51. The minimum absolute atomic E-state index is 0.0101. The fourth-order valence-corrected chi connectivity index (χ4v) is 1.74. The molecule has 17 heavy (non-hydrogen) atoms. The summed E-state index contributed by atoms with van der Waals surface area (Å²) in [4.78, 5) is 18.3. The van der Waals surface area contributed by atoms with E-state index in [0.29, 0.717) is 12.1 Å². The van der Waals surface area contributed by atoms with Gasteiger partial charge in [-0.25, -0.2) is 0 Å². The number of hydrogen-bond acceptors (Lipinski definition) is 3. The van der Waals surface area contributed by atoms with Crippen molar-refractivity contribution in [2.24, 2.45) is 5.73 Å². The van der Waals surface area contributed by atoms with Gasteiger partial charge in [-0.3, -0.25) is 9.78 Å². The monoisotopic (exact) mass is 235 g/mol. The van der Waals surface area contributed by atoms with Crippen LogP contribution in [0, 0.1) is 13.8 Å². The number of carbonyl (C=O) groups excluding carboxylic acids is 1. The summed E-state index contributed by atoms with van der Waals surface area (Å²) < 4.78 is 0. The van der Waals surface area contributed by atoms with Crippen molar-refractivity contribution in [3.05, 3.63) is 29.1 Å². The van der Waals surface area contributed by atoms with Crippen molar-refractivity contribution in [3.8, 4) is 0 Å². The molecule has 4 nitrogen and oxygen atoms in total. The summed E-state index contributed by atoms with van der Waals surface area (Å²) >= 11 is 0. The van der Waals surface area contributed by atoms with Gasteiger partial charge in [0.05, 0.1) is 11.3 Å². The number of nitrogens with two attached hydrogens (primary N) is 1. The van der Waals surface area contributed by atoms with E-state index in [-0.39, 0.29) is 11.9 Å². The Balaban J connectivity index is 2.88. The highest BCUT2D eigenvalue weighted by Gasteiger charge is 2.18. The van der Waals surface area contributed by atoms with E-state index in [9.17, 15) is 4.79 Å². The third-order valence-electron chi connectivity index (χ3n) is 3.02. The first-order valence-corrected chi connectivity index (χ1v) is 5.88. The van der Waals surface area contributed by atoms with Crippen molar-refractivity contribution in [1.82, 2.24) is 9.88 Å². The van der Waals surface area contributed by atoms with Crippen LogP contribution < -0.4 is 5.73 Å². The second kappa shape index (κ2) is 5.77. The van der Waals surface area contributed by atoms with Gasteiger partial charge in [0.15, 0.2) is 0 Å². The highest BCUT2D eigenvalue weighted by Crippen LogP contribution is 2.12. The molecule has 1 amide bonds. The van der Waals surface area contributed by atoms with Gasteiger partial charge in [-0.05, 0) is 45.9 Å². The van der Waals surface area contributed by atoms with Crippen molar-refractivity contribution in [2.75, 3.05) is 13.6 Å². The van der Waals surface area contributed by atoms with Crippen LogP contribution in [-0.4, -0.2) is 35.4 Å². The summed E-state index contributed by atoms with van der Waals surface area (Å²) in [5.41, 5.74) is 7.88. The van der Waals surface area contributed by atoms with Crippen molar-refractivity contribution in [3.63, 3.8) is 0 Å². The zero-order valence-corrected chi connectivity index (χ0v) is 11.0. The van der Waals surface area contributed by atoms with E-state index in [4.69, 9.17) is 5.73 Å². The van der Waals surface area contributed by atoms with Gasteiger partial charge in [-0.15, -0.1) is 0 Å². The van der Waals surface area contributed by atoms with Crippen LogP contribution >= 0.6 is 0 Å². The van der Waals surface area contributed by atoms with Crippen LogP contribution in [0.25, 0.3) is 0 Å². The molecule has 1 rings (SSSR count). The molecule has 1 aromatic rings. The summed E-state index contributed by atoms with van der Waals surface area (Å²) in [6.07, 6.45) is 0.806. The van der Waals surface area contributed by atoms with Crippen molar-refractivity contribution in [2.45, 2.75) is 33.2 Å². The van der Waals surface area contributed by atoms with Gasteiger partial charge in [0.1, 0.15) is 0 Å². The van der Waals surface area contributed by atoms with Gasteiger partial charge < -0.3 is 10.6 Å². The molecule has 1 heterocycles. The van der Waals surface area contributed by atoms with Crippen LogP contribution in [0.2, 0.25) is 0 Å². The third-order valence-corrected chi connectivity index (χ3v) is 3.02. The first-order valence-electron chi connectivity index (χ1n) is 5.88. The molecule has 0 aliphatic rings. The zero-order valence-electron chi connectivity index (χ0n) is 11.0. The lowest BCUT2D eigenvalue weighted by Gasteiger charge is -2.25. The maximum atomic E-state index is 12.2. The van der Waals surface area contributed by atoms with Crippen molar-refractivity contribution >= 4 is 5.91 Å². The summed E-state index contributed by atoms with van der Waals surface area (Å²) in [6.45, 7) is 6.37. The highest BCUT2D eigenvalue weighted by molar-refractivity contribution is 5.95. The number of amides is 1. The Labute approximate surface area is 103 Å². The van der Waals surface area contributed by atoms with Crippen LogP contribution in [0.15, 0.2) is 12.1 Å². The SMILES string of the molecule is Cc1ccc(C(=O)N(C)C(C)CCN)c(C)n1. The lowest BCUT2D eigenvalue weighted by atomic mass is 10.1. The van der Waals surface area contributed by atoms with Gasteiger partial charge in [-0.2, -0.15) is 0 Å². The van der Waals surface area contributed by atoms with Crippen LogP contribution in [0.4, 0.5) is 0 Å². The standard InChI is InChI=1S/C13H21N3O/c1-9-5-6-12(11(3)15-9)13(17)16(4)10(2)7-8-14/h5-6,10H,7-8,14H2,1-4H3. The molecule has 0 aromatic carbocycles. The largest absolute Gasteiger partial charge is 0.339 e. The number of hydrogen-bond donors (Lipinski definition) is 1. The van der Waals surface area contributed by atoms with Crippen LogP contribution in [0.1, 0.15) is 35.1 Å². The number of aryl methyl sites for hydroxylation is 2. The lowest BCUT2D eigenvalue weighted by molar-refractivity contribution is 0.0738. The maximum Gasteiger partial charge on any atom is 0.255 e. The number of carbonyl (C=O) groups is 1. The molecular weight excluding hydrogens is 214 g/mol. The van der Waals surface area contributed by atoms with E-state index in [0.717, 1.165) is 17.8 Å². The Morgan fingerprint density at radius 2 is 2.12 bits per heavy atom. The molecule has 0 saturated carbocycles. The second-order valence-electron chi connectivity index (χ2n) is 4.43. The summed E-state index contributed by atoms with van der Waals surface area (Å²) in [5, 5.41) is 0. The summed E-state index contributed by atoms with van der Waals surface area (Å²) in [6, 6.07) is 3.85. The average Bonchev–Trinajstić information content (AvgIpc) is 2.27. The van der Waals surface area contributed by atoms with E-state index in [1.54, 1.807) is 4.90 Å². The summed E-state index contributed by atoms with van der Waals surface area (Å²) in [5.74, 6) is 0.0101. The van der Waals surface area contributed by atoms with Crippen LogP contribution in [-0.2, 0) is 0 Å². The molecule has 1 unspecified atom stereocenters. The quantitative estimate of drug-likeness (QED) is 0.860. The van der Waals surface area contributed by atoms with Gasteiger partial charge in [0.25, 0.3) is 5.91 Å². The van der Waals surface area contributed by atoms with E-state index in [2.05, 4.69) is 4.98 Å². The van der Waals surface area contributed by atoms with E-state index in [1.165, 1.54) is 0 Å². The highest BCUT2D eigenvalue weighted by atomic mass is 16.2. The Morgan fingerprint density at radius 3 is 2.65 bits per heavy atom. The lowest BCUT2D eigenvalue weighted by Crippen LogP contribution is -2.36. The smallest absolute Gasteiger partial charge is 0.255 e. The molecule has 94 valence electrons. The third kappa shape index (κ3) is 3.27. The average molecular weight is 235 g/mol. The zero-order chi connectivity index (χ0) is 13.0. The number of aromatic nitrogens is 1. The predicted molar refractivity (Wildman–Crippen MR) is 68.9 cm³/mol. The van der Waals surface area contributed by atoms with Gasteiger partial charge in [0.2, 0.25) is 0 Å². The molecular formula is C13H21N3O. The minimum atomic E-state index is 0.0101. The summed E-state index contributed by atoms with van der Waals surface area (Å²) in [7, 11) is 1.81. The van der Waals surface area contributed by atoms with Gasteiger partial charge in [-0.1, -0.05) is 0 Å². The van der Waals surface area contributed by atoms with Crippen LogP contribution in [0.5, 0.6) is 0 Å². The van der Waals surface area contributed by atoms with Gasteiger partial charge in [0, 0.05) is 18.8 Å². The Hall–Kier alpha value is -1.42. The Kier molecular flexibility index (Phi) is 4.63. The normalized spacial score (nSPS) is 12.3. The minimum Gasteiger partial charge on any atom is -0.339 e. The van der Waals surface area contributed by atoms with Crippen molar-refractivity contribution < 1.29 is 4.79 Å². The van der Waals surface area contributed by atoms with Crippen molar-refractivity contribution in [1.29, 1.82) is 0 Å². The molecule has 4 heteroatoms. The topological polar surface area (TPSA) is 59.2 Å². The molecule has 0 fully saturated rings. The van der Waals surface area contributed by atoms with Crippen LogP contribution in [0.3, 0.4) is 0 Å². The van der Waals surface area contributed by atoms with E-state index >= 15 is 0 Å². The molecule has 0 aliphatic carbocycles. The fourth-order valence-electron chi connectivity index (χ4n) is 1.74. The van der Waals surface area contributed by atoms with E-state index in [1.807, 2.05) is 40.0 Å². The number of nitrogens with zero attached hydrogens (tertiary/aromatic N) is 2. The maximum absolute atomic E-state index is 12.2. The van der Waals surface area contributed by atoms with Gasteiger partial charge >= 0.3 is 0 Å². The number of pyridine rings is 1. The molecule has 1 atom stereocenters. The molecule has 0 saturated heterocycles. The van der Waals surface area contributed by atoms with E-state index < -0.39 is 0 Å².